The average molecular weight is 625 g/mol. The van der Waals surface area contributed by atoms with E-state index in [1.165, 1.54) is 18.2 Å². The van der Waals surface area contributed by atoms with Crippen molar-refractivity contribution in [3.8, 4) is 28.6 Å². The molecular weight excluding hydrogens is 588 g/mol. The summed E-state index contributed by atoms with van der Waals surface area (Å²) >= 11 is 0. The second-order valence-electron chi connectivity index (χ2n) is 13.3. The second-order valence-corrected chi connectivity index (χ2v) is 13.3. The molecule has 0 saturated heterocycles. The van der Waals surface area contributed by atoms with Crippen LogP contribution in [0.4, 0.5) is 0 Å². The first-order valence-corrected chi connectivity index (χ1v) is 15.5. The lowest BCUT2D eigenvalue weighted by Gasteiger charge is -2.46. The molecular formula is C37H36O9. The summed E-state index contributed by atoms with van der Waals surface area (Å²) in [6, 6.07) is 9.77. The molecule has 2 aromatic carbocycles. The molecule has 9 nitrogen and oxygen atoms in total. The fourth-order valence-electron chi connectivity index (χ4n) is 7.65. The lowest BCUT2D eigenvalue weighted by atomic mass is 9.56. The van der Waals surface area contributed by atoms with Crippen LogP contribution in [0.15, 0.2) is 98.3 Å². The molecule has 0 radical (unpaired) electrons. The highest BCUT2D eigenvalue weighted by Crippen LogP contribution is 2.61. The van der Waals surface area contributed by atoms with Gasteiger partial charge in [-0.15, -0.1) is 0 Å². The van der Waals surface area contributed by atoms with Crippen LogP contribution >= 0.6 is 0 Å². The molecule has 0 bridgehead atoms. The Bertz CT molecular complexity index is 2000. The summed E-state index contributed by atoms with van der Waals surface area (Å²) in [7, 11) is 0. The zero-order valence-electron chi connectivity index (χ0n) is 26.0. The molecule has 2 heterocycles. The molecule has 1 saturated carbocycles. The number of ether oxygens (including phenoxy) is 1. The first-order chi connectivity index (χ1) is 21.8. The zero-order chi connectivity index (χ0) is 32.8. The van der Waals surface area contributed by atoms with Crippen LogP contribution in [0.25, 0.3) is 22.3 Å². The summed E-state index contributed by atoms with van der Waals surface area (Å²) in [6.07, 6.45) is 3.94. The molecule has 0 spiro atoms. The first kappa shape index (κ1) is 29.6. The number of furan rings is 1. The number of allylic oxidation sites excluding steroid dienone is 6. The minimum Gasteiger partial charge on any atom is -0.511 e. The van der Waals surface area contributed by atoms with Crippen LogP contribution in [0.3, 0.4) is 0 Å². The van der Waals surface area contributed by atoms with Crippen molar-refractivity contribution >= 4 is 16.8 Å². The van der Waals surface area contributed by atoms with Gasteiger partial charge in [0.15, 0.2) is 5.78 Å². The van der Waals surface area contributed by atoms with Gasteiger partial charge in [0.1, 0.15) is 57.2 Å². The summed E-state index contributed by atoms with van der Waals surface area (Å²) < 4.78 is 12.6. The van der Waals surface area contributed by atoms with E-state index in [-0.39, 0.29) is 69.8 Å². The van der Waals surface area contributed by atoms with Crippen LogP contribution in [0.2, 0.25) is 0 Å². The number of aliphatic hydroxyl groups is 4. The quantitative estimate of drug-likeness (QED) is 0.157. The van der Waals surface area contributed by atoms with Gasteiger partial charge in [-0.3, -0.25) is 4.79 Å². The summed E-state index contributed by atoms with van der Waals surface area (Å²) in [5, 5.41) is 67.8. The Morgan fingerprint density at radius 3 is 2.48 bits per heavy atom. The second kappa shape index (κ2) is 10.2. The van der Waals surface area contributed by atoms with E-state index in [1.807, 2.05) is 33.8 Å². The molecule has 4 aliphatic rings. The number of aromatic hydroxyl groups is 2. The molecule has 0 amide bonds. The largest absolute Gasteiger partial charge is 0.511 e. The molecule has 7 rings (SSSR count). The molecule has 1 aliphatic heterocycles. The highest BCUT2D eigenvalue weighted by Gasteiger charge is 2.58. The number of phenols is 2. The monoisotopic (exact) mass is 624 g/mol. The number of hydrogen-bond acceptors (Lipinski definition) is 9. The molecule has 1 fully saturated rings. The lowest BCUT2D eigenvalue weighted by molar-refractivity contribution is -0.120. The predicted molar refractivity (Wildman–Crippen MR) is 171 cm³/mol. The zero-order valence-corrected chi connectivity index (χ0v) is 26.0. The van der Waals surface area contributed by atoms with Gasteiger partial charge in [0, 0.05) is 51.6 Å². The lowest BCUT2D eigenvalue weighted by Crippen LogP contribution is -2.46. The third-order valence-corrected chi connectivity index (χ3v) is 10.1. The molecule has 1 aromatic heterocycles. The van der Waals surface area contributed by atoms with E-state index >= 15 is 0 Å². The normalized spacial score (nSPS) is 27.0. The van der Waals surface area contributed by atoms with Crippen molar-refractivity contribution in [2.75, 3.05) is 0 Å². The van der Waals surface area contributed by atoms with Crippen molar-refractivity contribution in [1.29, 1.82) is 0 Å². The van der Waals surface area contributed by atoms with E-state index < -0.39 is 35.1 Å². The predicted octanol–water partition coefficient (Wildman–Crippen LogP) is 8.24. The Labute approximate surface area is 265 Å². The molecule has 238 valence electrons. The van der Waals surface area contributed by atoms with E-state index in [4.69, 9.17) is 9.15 Å². The topological polar surface area (TPSA) is 161 Å². The highest BCUT2D eigenvalue weighted by molar-refractivity contribution is 6.06. The SMILES string of the molecule is CCC1(C)CC2C3=C(O)C=C(O)C4C(O)=C(CC=C(C)C)C(O)=C(C(=O)C2c2c(O)cc(-c5cc6ccc(O)cc6o5)cc2O1)C34. The Morgan fingerprint density at radius 2 is 1.76 bits per heavy atom. The number of hydrogen-bond donors (Lipinski definition) is 6. The number of phenolic OH excluding ortho intramolecular Hbond substituents is 2. The van der Waals surface area contributed by atoms with E-state index in [2.05, 4.69) is 0 Å². The summed E-state index contributed by atoms with van der Waals surface area (Å²) in [6.45, 7) is 7.60. The van der Waals surface area contributed by atoms with Crippen LogP contribution in [0.1, 0.15) is 58.4 Å². The number of ketones is 1. The maximum Gasteiger partial charge on any atom is 0.171 e. The van der Waals surface area contributed by atoms with Crippen molar-refractivity contribution in [3.63, 3.8) is 0 Å². The number of carbonyl (C=O) groups excluding carboxylic acids is 1. The maximum absolute atomic E-state index is 14.8. The molecule has 3 aromatic rings. The van der Waals surface area contributed by atoms with Crippen molar-refractivity contribution in [3.05, 3.63) is 99.4 Å². The number of fused-ring (bicyclic) bond motifs is 5. The Hall–Kier alpha value is -5.05. The Kier molecular flexibility index (Phi) is 6.60. The van der Waals surface area contributed by atoms with E-state index in [0.717, 1.165) is 11.0 Å². The van der Waals surface area contributed by atoms with E-state index in [0.29, 0.717) is 28.9 Å². The van der Waals surface area contributed by atoms with E-state index in [1.54, 1.807) is 24.3 Å². The van der Waals surface area contributed by atoms with Crippen molar-refractivity contribution in [2.24, 2.45) is 17.8 Å². The molecule has 5 atom stereocenters. The van der Waals surface area contributed by atoms with Crippen molar-refractivity contribution in [2.45, 2.75) is 58.5 Å². The Balaban J connectivity index is 1.46. The molecule has 6 N–H and O–H groups in total. The van der Waals surface area contributed by atoms with Crippen LogP contribution in [0, 0.1) is 17.8 Å². The summed E-state index contributed by atoms with van der Waals surface area (Å²) in [5.41, 5.74) is 1.78. The molecule has 5 unspecified atom stereocenters. The smallest absolute Gasteiger partial charge is 0.171 e. The van der Waals surface area contributed by atoms with Crippen LogP contribution in [0.5, 0.6) is 17.2 Å². The van der Waals surface area contributed by atoms with Crippen LogP contribution < -0.4 is 4.74 Å². The molecule has 46 heavy (non-hydrogen) atoms. The minimum absolute atomic E-state index is 0.0194. The van der Waals surface area contributed by atoms with Crippen molar-refractivity contribution < 1.29 is 44.6 Å². The van der Waals surface area contributed by atoms with Crippen LogP contribution in [-0.2, 0) is 4.79 Å². The minimum atomic E-state index is -1.05. The first-order valence-electron chi connectivity index (χ1n) is 15.5. The number of Topliss-reactive ketones (excluding diaryl/α,β-unsaturated/α-hetero) is 1. The third kappa shape index (κ3) is 4.32. The summed E-state index contributed by atoms with van der Waals surface area (Å²) in [4.78, 5) is 14.8. The van der Waals surface area contributed by atoms with Crippen molar-refractivity contribution in [1.82, 2.24) is 0 Å². The highest BCUT2D eigenvalue weighted by atomic mass is 16.5. The third-order valence-electron chi connectivity index (χ3n) is 10.1. The fourth-order valence-corrected chi connectivity index (χ4v) is 7.65. The Morgan fingerprint density at radius 1 is 1.00 bits per heavy atom. The van der Waals surface area contributed by atoms with Gasteiger partial charge in [-0.05, 0) is 75.9 Å². The average Bonchev–Trinajstić information content (AvgIpc) is 3.34. The van der Waals surface area contributed by atoms with Gasteiger partial charge >= 0.3 is 0 Å². The van der Waals surface area contributed by atoms with Gasteiger partial charge in [0.05, 0.1) is 11.8 Å². The van der Waals surface area contributed by atoms with Gasteiger partial charge < -0.3 is 39.8 Å². The van der Waals surface area contributed by atoms with Crippen LogP contribution in [-0.4, -0.2) is 42.0 Å². The standard InChI is InChI=1S/C37H36O9/c1-5-37(4)15-21-28-23(40)14-24(41)31-32(28)33(35(43)20(34(31)42)9-6-16(2)3)36(44)29(21)30-22(39)10-18(12-27(30)46-37)25-11-17-7-8-19(38)13-26(17)45-25/h6-8,10-14,21,29,31-32,38-43H,5,9,15H2,1-4H3. The van der Waals surface area contributed by atoms with Gasteiger partial charge in [0.2, 0.25) is 0 Å². The maximum atomic E-state index is 14.8. The number of carbonyl (C=O) groups is 1. The van der Waals surface area contributed by atoms with E-state index in [9.17, 15) is 35.4 Å². The number of benzene rings is 2. The van der Waals surface area contributed by atoms with Gasteiger partial charge in [0.25, 0.3) is 0 Å². The van der Waals surface area contributed by atoms with Gasteiger partial charge in [-0.25, -0.2) is 0 Å². The van der Waals surface area contributed by atoms with Gasteiger partial charge in [-0.1, -0.05) is 18.6 Å². The van der Waals surface area contributed by atoms with Gasteiger partial charge in [-0.2, -0.15) is 0 Å². The number of aliphatic hydroxyl groups excluding tert-OH is 4. The summed E-state index contributed by atoms with van der Waals surface area (Å²) in [5.74, 6) is -4.90. The fraction of sp³-hybridized carbons (Fsp3) is 0.324. The molecule has 3 aliphatic carbocycles. The number of rotatable bonds is 4. The molecule has 9 heteroatoms.